The number of aryl methyl sites for hydroxylation is 2. The summed E-state index contributed by atoms with van der Waals surface area (Å²) in [7, 11) is 2.97. The zero-order chi connectivity index (χ0) is 24.6. The zero-order valence-corrected chi connectivity index (χ0v) is 20.6. The Morgan fingerprint density at radius 1 is 1.21 bits per heavy atom. The molecule has 8 heteroatoms. The molecule has 34 heavy (non-hydrogen) atoms. The Morgan fingerprint density at radius 3 is 2.56 bits per heavy atom. The van der Waals surface area contributed by atoms with Crippen LogP contribution in [0.3, 0.4) is 0 Å². The van der Waals surface area contributed by atoms with Gasteiger partial charge in [-0.25, -0.2) is 4.79 Å². The van der Waals surface area contributed by atoms with Crippen molar-refractivity contribution < 1.29 is 28.2 Å². The van der Waals surface area contributed by atoms with Gasteiger partial charge in [-0.05, 0) is 58.4 Å². The molecule has 8 nitrogen and oxygen atoms in total. The van der Waals surface area contributed by atoms with Gasteiger partial charge in [0.15, 0.2) is 0 Å². The van der Waals surface area contributed by atoms with Gasteiger partial charge in [0.25, 0.3) is 0 Å². The Labute approximate surface area is 199 Å². The number of hydrogen-bond donors (Lipinski definition) is 0. The van der Waals surface area contributed by atoms with Crippen LogP contribution in [0.15, 0.2) is 15.3 Å². The van der Waals surface area contributed by atoms with Crippen molar-refractivity contribution in [3.05, 3.63) is 33.2 Å². The van der Waals surface area contributed by atoms with Crippen molar-refractivity contribution in [2.45, 2.75) is 64.9 Å². The van der Waals surface area contributed by atoms with Crippen molar-refractivity contribution in [1.82, 2.24) is 4.90 Å². The molecule has 1 amide bonds. The van der Waals surface area contributed by atoms with E-state index in [4.69, 9.17) is 18.6 Å². The molecule has 0 atom stereocenters. The Balaban J connectivity index is 1.57. The lowest BCUT2D eigenvalue weighted by molar-refractivity contribution is -0.148. The number of amides is 1. The van der Waals surface area contributed by atoms with E-state index in [0.717, 1.165) is 29.4 Å². The second-order valence-corrected chi connectivity index (χ2v) is 9.79. The molecular weight excluding hydrogens is 438 g/mol. The topological polar surface area (TPSA) is 95.3 Å². The molecule has 2 aromatic rings. The molecule has 0 saturated carbocycles. The van der Waals surface area contributed by atoms with Crippen molar-refractivity contribution in [2.75, 3.05) is 27.3 Å². The molecule has 0 bridgehead atoms. The number of likely N-dealkylation sites (tertiary alicyclic amines) is 1. The van der Waals surface area contributed by atoms with E-state index < -0.39 is 5.63 Å². The maximum absolute atomic E-state index is 13.0. The maximum atomic E-state index is 13.0. The lowest BCUT2D eigenvalue weighted by Gasteiger charge is -2.33. The van der Waals surface area contributed by atoms with Crippen molar-refractivity contribution in [1.29, 1.82) is 0 Å². The number of rotatable bonds is 5. The number of nitrogens with zero attached hydrogens (tertiary/aromatic N) is 1. The summed E-state index contributed by atoms with van der Waals surface area (Å²) in [6, 6.07) is 1.87. The first-order valence-electron chi connectivity index (χ1n) is 11.9. The molecule has 2 aliphatic heterocycles. The van der Waals surface area contributed by atoms with E-state index in [1.54, 1.807) is 12.0 Å². The van der Waals surface area contributed by atoms with Gasteiger partial charge in [-0.2, -0.15) is 0 Å². The lowest BCUT2D eigenvalue weighted by atomic mass is 9.91. The van der Waals surface area contributed by atoms with Crippen LogP contribution in [-0.2, 0) is 27.2 Å². The first-order valence-corrected chi connectivity index (χ1v) is 11.9. The van der Waals surface area contributed by atoms with E-state index in [9.17, 15) is 14.4 Å². The minimum absolute atomic E-state index is 0.0322. The van der Waals surface area contributed by atoms with Crippen LogP contribution in [0.5, 0.6) is 11.5 Å². The van der Waals surface area contributed by atoms with E-state index in [2.05, 4.69) is 0 Å². The number of esters is 1. The second-order valence-electron chi connectivity index (χ2n) is 9.79. The van der Waals surface area contributed by atoms with Crippen molar-refractivity contribution in [2.24, 2.45) is 5.92 Å². The minimum atomic E-state index is -0.428. The summed E-state index contributed by atoms with van der Waals surface area (Å²) in [5.41, 5.74) is 1.92. The largest absolute Gasteiger partial charge is 0.496 e. The van der Waals surface area contributed by atoms with Gasteiger partial charge < -0.3 is 23.5 Å². The third kappa shape index (κ3) is 4.50. The van der Waals surface area contributed by atoms with Crippen molar-refractivity contribution in [3.63, 3.8) is 0 Å². The number of fused-ring (bicyclic) bond motifs is 3. The monoisotopic (exact) mass is 471 g/mol. The number of carbonyl (C=O) groups is 2. The van der Waals surface area contributed by atoms with Crippen molar-refractivity contribution in [3.8, 4) is 11.5 Å². The Hall–Kier alpha value is -3.03. The van der Waals surface area contributed by atoms with E-state index in [0.29, 0.717) is 48.6 Å². The first kappa shape index (κ1) is 24.1. The predicted molar refractivity (Wildman–Crippen MR) is 126 cm³/mol. The van der Waals surface area contributed by atoms with Crippen LogP contribution in [0.2, 0.25) is 0 Å². The fourth-order valence-electron chi connectivity index (χ4n) is 5.05. The van der Waals surface area contributed by atoms with Crippen molar-refractivity contribution >= 4 is 22.8 Å². The predicted octanol–water partition coefficient (Wildman–Crippen LogP) is 3.56. The first-order chi connectivity index (χ1) is 16.1. The highest BCUT2D eigenvalue weighted by atomic mass is 16.5. The van der Waals surface area contributed by atoms with Gasteiger partial charge in [0.1, 0.15) is 22.7 Å². The molecular formula is C26H33NO7. The maximum Gasteiger partial charge on any atom is 0.339 e. The van der Waals surface area contributed by atoms with Gasteiger partial charge >= 0.3 is 11.6 Å². The van der Waals surface area contributed by atoms with Crippen LogP contribution in [0.4, 0.5) is 0 Å². The summed E-state index contributed by atoms with van der Waals surface area (Å²) in [5, 5.41) is 0.755. The number of ether oxygens (including phenoxy) is 3. The standard InChI is InChI=1S/C26H33NO7/c1-15-17(6-7-21(28)27-12-9-16(10-13-27)24(29)32-5)25(30)33-23-18-8-11-26(2,3)34-19(18)14-20(31-4)22(15)23/h14,16H,6-13H2,1-5H3. The van der Waals surface area contributed by atoms with E-state index in [-0.39, 0.29) is 36.2 Å². The SMILES string of the molecule is COC(=O)C1CCN(C(=O)CCc2c(C)c3c(OC)cc4c(c3oc2=O)CCC(C)(C)O4)CC1. The molecule has 4 rings (SSSR count). The van der Waals surface area contributed by atoms with Gasteiger partial charge in [0.05, 0.1) is 25.5 Å². The Kier molecular flexibility index (Phi) is 6.60. The zero-order valence-electron chi connectivity index (χ0n) is 20.6. The van der Waals surface area contributed by atoms with Gasteiger partial charge in [-0.1, -0.05) is 0 Å². The quantitative estimate of drug-likeness (QED) is 0.486. The van der Waals surface area contributed by atoms with E-state index in [1.165, 1.54) is 7.11 Å². The van der Waals surface area contributed by atoms with Crippen LogP contribution in [0.1, 0.15) is 56.2 Å². The summed E-state index contributed by atoms with van der Waals surface area (Å²) in [6.45, 7) is 6.97. The molecule has 1 aromatic carbocycles. The highest BCUT2D eigenvalue weighted by Crippen LogP contribution is 2.43. The fourth-order valence-corrected chi connectivity index (χ4v) is 5.05. The number of hydrogen-bond acceptors (Lipinski definition) is 7. The van der Waals surface area contributed by atoms with Gasteiger partial charge in [-0.15, -0.1) is 0 Å². The average molecular weight is 472 g/mol. The summed E-state index contributed by atoms with van der Waals surface area (Å²) in [6.07, 6.45) is 3.22. The van der Waals surface area contributed by atoms with Crippen LogP contribution in [0.25, 0.3) is 11.0 Å². The molecule has 0 spiro atoms. The van der Waals surface area contributed by atoms with E-state index >= 15 is 0 Å². The second kappa shape index (κ2) is 9.31. The van der Waals surface area contributed by atoms with Crippen LogP contribution >= 0.6 is 0 Å². The number of methoxy groups -OCH3 is 2. The minimum Gasteiger partial charge on any atom is -0.496 e. The molecule has 0 N–H and O–H groups in total. The Bertz CT molecular complexity index is 1170. The fraction of sp³-hybridized carbons (Fsp3) is 0.577. The average Bonchev–Trinajstić information content (AvgIpc) is 2.81. The van der Waals surface area contributed by atoms with E-state index in [1.807, 2.05) is 26.8 Å². The summed E-state index contributed by atoms with van der Waals surface area (Å²) < 4.78 is 22.4. The molecule has 3 heterocycles. The van der Waals surface area contributed by atoms with Gasteiger partial charge in [0.2, 0.25) is 5.91 Å². The smallest absolute Gasteiger partial charge is 0.339 e. The van der Waals surface area contributed by atoms with Crippen LogP contribution in [-0.4, -0.2) is 49.7 Å². The molecule has 2 aliphatic rings. The number of benzene rings is 1. The number of carbonyl (C=O) groups excluding carboxylic acids is 2. The third-order valence-electron chi connectivity index (χ3n) is 7.13. The van der Waals surface area contributed by atoms with Gasteiger partial charge in [0, 0.05) is 36.7 Å². The Morgan fingerprint density at radius 2 is 1.91 bits per heavy atom. The highest BCUT2D eigenvalue weighted by molar-refractivity contribution is 5.92. The normalized spacial score (nSPS) is 17.7. The van der Waals surface area contributed by atoms with Crippen LogP contribution < -0.4 is 15.1 Å². The summed E-state index contributed by atoms with van der Waals surface area (Å²) in [4.78, 5) is 39.3. The molecule has 0 radical (unpaired) electrons. The molecule has 0 unspecified atom stereocenters. The van der Waals surface area contributed by atoms with Gasteiger partial charge in [-0.3, -0.25) is 9.59 Å². The summed E-state index contributed by atoms with van der Waals surface area (Å²) in [5.74, 6) is 0.861. The lowest BCUT2D eigenvalue weighted by Crippen LogP contribution is -2.40. The van der Waals surface area contributed by atoms with Crippen LogP contribution in [0, 0.1) is 12.8 Å². The molecule has 1 fully saturated rings. The highest BCUT2D eigenvalue weighted by Gasteiger charge is 2.32. The summed E-state index contributed by atoms with van der Waals surface area (Å²) >= 11 is 0. The molecule has 0 aliphatic carbocycles. The molecule has 184 valence electrons. The number of piperidine rings is 1. The molecule has 1 saturated heterocycles. The molecule has 1 aromatic heterocycles. The third-order valence-corrected chi connectivity index (χ3v) is 7.13.